The number of carbonyl (C=O) groups is 1. The fourth-order valence-electron chi connectivity index (χ4n) is 2.11. The topological polar surface area (TPSA) is 83.5 Å². The van der Waals surface area contributed by atoms with E-state index in [1.807, 2.05) is 0 Å². The lowest BCUT2D eigenvalue weighted by atomic mass is 9.69. The SMILES string of the molecule is O=C(O)C1(CNS(=O)(=O)c2c(Cl)cccc2Cl)CCC1. The number of halogens is 2. The highest BCUT2D eigenvalue weighted by atomic mass is 35.5. The number of benzene rings is 1. The van der Waals surface area contributed by atoms with E-state index < -0.39 is 21.4 Å². The summed E-state index contributed by atoms with van der Waals surface area (Å²) in [6.07, 6.45) is 1.70. The van der Waals surface area contributed by atoms with Crippen molar-refractivity contribution >= 4 is 39.2 Å². The highest BCUT2D eigenvalue weighted by Crippen LogP contribution is 2.41. The molecular weight excluding hydrogens is 325 g/mol. The molecule has 0 spiro atoms. The zero-order valence-corrected chi connectivity index (χ0v) is 12.7. The summed E-state index contributed by atoms with van der Waals surface area (Å²) >= 11 is 11.7. The minimum atomic E-state index is -3.94. The van der Waals surface area contributed by atoms with Crippen molar-refractivity contribution in [2.75, 3.05) is 6.54 Å². The number of hydrogen-bond donors (Lipinski definition) is 2. The summed E-state index contributed by atoms with van der Waals surface area (Å²) in [5.41, 5.74) is -1.01. The molecule has 5 nitrogen and oxygen atoms in total. The zero-order chi connectivity index (χ0) is 15.0. The molecule has 1 aromatic rings. The van der Waals surface area contributed by atoms with Crippen LogP contribution in [0.4, 0.5) is 0 Å². The van der Waals surface area contributed by atoms with E-state index >= 15 is 0 Å². The largest absolute Gasteiger partial charge is 0.481 e. The van der Waals surface area contributed by atoms with E-state index in [0.29, 0.717) is 12.8 Å². The van der Waals surface area contributed by atoms with Gasteiger partial charge in [-0.2, -0.15) is 0 Å². The zero-order valence-electron chi connectivity index (χ0n) is 10.4. The van der Waals surface area contributed by atoms with Crippen LogP contribution < -0.4 is 4.72 Å². The van der Waals surface area contributed by atoms with Crippen molar-refractivity contribution in [1.29, 1.82) is 0 Å². The van der Waals surface area contributed by atoms with Crippen molar-refractivity contribution in [2.45, 2.75) is 24.2 Å². The van der Waals surface area contributed by atoms with E-state index in [9.17, 15) is 18.3 Å². The molecule has 0 radical (unpaired) electrons. The van der Waals surface area contributed by atoms with Crippen molar-refractivity contribution in [3.63, 3.8) is 0 Å². The molecule has 110 valence electrons. The predicted octanol–water partition coefficient (Wildman–Crippen LogP) is 2.53. The maximum absolute atomic E-state index is 12.2. The molecule has 2 N–H and O–H groups in total. The first kappa shape index (κ1) is 15.6. The average molecular weight is 338 g/mol. The monoisotopic (exact) mass is 337 g/mol. The van der Waals surface area contributed by atoms with Crippen LogP contribution in [0.3, 0.4) is 0 Å². The van der Waals surface area contributed by atoms with E-state index in [0.717, 1.165) is 6.42 Å². The Balaban J connectivity index is 2.22. The van der Waals surface area contributed by atoms with Gasteiger partial charge in [-0.25, -0.2) is 13.1 Å². The fraction of sp³-hybridized carbons (Fsp3) is 0.417. The van der Waals surface area contributed by atoms with Crippen LogP contribution in [0.25, 0.3) is 0 Å². The van der Waals surface area contributed by atoms with Crippen LogP contribution in [0.15, 0.2) is 23.1 Å². The van der Waals surface area contributed by atoms with Gasteiger partial charge in [0, 0.05) is 6.54 Å². The molecule has 0 saturated heterocycles. The van der Waals surface area contributed by atoms with Crippen molar-refractivity contribution < 1.29 is 18.3 Å². The van der Waals surface area contributed by atoms with Gasteiger partial charge in [-0.15, -0.1) is 0 Å². The first-order valence-electron chi connectivity index (χ1n) is 5.96. The highest BCUT2D eigenvalue weighted by molar-refractivity contribution is 7.89. The van der Waals surface area contributed by atoms with Gasteiger partial charge in [-0.1, -0.05) is 35.7 Å². The lowest BCUT2D eigenvalue weighted by molar-refractivity contribution is -0.153. The third kappa shape index (κ3) is 2.79. The summed E-state index contributed by atoms with van der Waals surface area (Å²) in [5, 5.41) is 9.18. The van der Waals surface area contributed by atoms with E-state index in [4.69, 9.17) is 23.2 Å². The number of hydrogen-bond acceptors (Lipinski definition) is 3. The molecule has 20 heavy (non-hydrogen) atoms. The van der Waals surface area contributed by atoms with Gasteiger partial charge in [0.25, 0.3) is 0 Å². The summed E-state index contributed by atoms with van der Waals surface area (Å²) in [5.74, 6) is -0.989. The molecule has 0 aliphatic heterocycles. The molecule has 1 aliphatic rings. The molecule has 1 fully saturated rings. The van der Waals surface area contributed by atoms with Crippen LogP contribution in [0.2, 0.25) is 10.0 Å². The molecule has 0 aromatic heterocycles. The molecule has 1 aliphatic carbocycles. The predicted molar refractivity (Wildman–Crippen MR) is 75.6 cm³/mol. The molecule has 8 heteroatoms. The highest BCUT2D eigenvalue weighted by Gasteiger charge is 2.45. The number of carboxylic acid groups (broad SMARTS) is 1. The minimum absolute atomic E-state index is 0.00276. The Kier molecular flexibility index (Phi) is 4.30. The maximum Gasteiger partial charge on any atom is 0.310 e. The summed E-state index contributed by atoms with van der Waals surface area (Å²) in [7, 11) is -3.94. The van der Waals surface area contributed by atoms with Crippen molar-refractivity contribution in [3.05, 3.63) is 28.2 Å². The molecule has 0 unspecified atom stereocenters. The minimum Gasteiger partial charge on any atom is -0.481 e. The Morgan fingerprint density at radius 3 is 2.25 bits per heavy atom. The van der Waals surface area contributed by atoms with Crippen molar-refractivity contribution in [3.8, 4) is 0 Å². The Bertz CT molecular complexity index is 621. The van der Waals surface area contributed by atoms with E-state index in [-0.39, 0.29) is 21.5 Å². The van der Waals surface area contributed by atoms with Gasteiger partial charge in [0.15, 0.2) is 0 Å². The Hall–Kier alpha value is -0.820. The van der Waals surface area contributed by atoms with E-state index in [2.05, 4.69) is 4.72 Å². The second-order valence-electron chi connectivity index (χ2n) is 4.81. The van der Waals surface area contributed by atoms with Crippen LogP contribution in [0.1, 0.15) is 19.3 Å². The number of carboxylic acids is 1. The third-order valence-electron chi connectivity index (χ3n) is 3.55. The van der Waals surface area contributed by atoms with Gasteiger partial charge < -0.3 is 5.11 Å². The Morgan fingerprint density at radius 1 is 1.30 bits per heavy atom. The van der Waals surface area contributed by atoms with Gasteiger partial charge in [-0.05, 0) is 25.0 Å². The summed E-state index contributed by atoms with van der Waals surface area (Å²) in [4.78, 5) is 11.0. The van der Waals surface area contributed by atoms with Crippen LogP contribution in [0, 0.1) is 5.41 Å². The fourth-order valence-corrected chi connectivity index (χ4v) is 4.38. The normalized spacial score (nSPS) is 17.5. The van der Waals surface area contributed by atoms with Gasteiger partial charge in [0.2, 0.25) is 10.0 Å². The molecule has 0 bridgehead atoms. The van der Waals surface area contributed by atoms with Crippen molar-refractivity contribution in [2.24, 2.45) is 5.41 Å². The summed E-state index contributed by atoms with van der Waals surface area (Å²) in [6.45, 7) is -0.160. The molecule has 1 saturated carbocycles. The van der Waals surface area contributed by atoms with E-state index in [1.165, 1.54) is 18.2 Å². The maximum atomic E-state index is 12.2. The van der Waals surface area contributed by atoms with Gasteiger partial charge in [-0.3, -0.25) is 4.79 Å². The van der Waals surface area contributed by atoms with Gasteiger partial charge in [0.05, 0.1) is 15.5 Å². The molecule has 1 aromatic carbocycles. The summed E-state index contributed by atoms with van der Waals surface area (Å²) < 4.78 is 26.7. The second-order valence-corrected chi connectivity index (χ2v) is 7.33. The molecular formula is C12H13Cl2NO4S. The van der Waals surface area contributed by atoms with Crippen LogP contribution in [-0.4, -0.2) is 26.0 Å². The van der Waals surface area contributed by atoms with Crippen LogP contribution in [-0.2, 0) is 14.8 Å². The number of aliphatic carboxylic acids is 1. The third-order valence-corrected chi connectivity index (χ3v) is 5.91. The van der Waals surface area contributed by atoms with Crippen LogP contribution in [0.5, 0.6) is 0 Å². The number of rotatable bonds is 5. The molecule has 0 amide bonds. The lowest BCUT2D eigenvalue weighted by Gasteiger charge is -2.37. The summed E-state index contributed by atoms with van der Waals surface area (Å²) in [6, 6.07) is 4.37. The van der Waals surface area contributed by atoms with E-state index in [1.54, 1.807) is 0 Å². The average Bonchev–Trinajstić information content (AvgIpc) is 2.25. The standard InChI is InChI=1S/C12H13Cl2NO4S/c13-8-3-1-4-9(14)10(8)20(18,19)15-7-12(11(16)17)5-2-6-12/h1,3-4,15H,2,5-7H2,(H,16,17). The second kappa shape index (κ2) is 5.52. The van der Waals surface area contributed by atoms with Crippen molar-refractivity contribution in [1.82, 2.24) is 4.72 Å². The molecule has 0 heterocycles. The Labute approximate surface area is 126 Å². The van der Waals surface area contributed by atoms with Crippen LogP contribution >= 0.6 is 23.2 Å². The first-order chi connectivity index (χ1) is 9.28. The molecule has 0 atom stereocenters. The van der Waals surface area contributed by atoms with Gasteiger partial charge >= 0.3 is 5.97 Å². The van der Waals surface area contributed by atoms with Gasteiger partial charge in [0.1, 0.15) is 4.90 Å². The molecule has 2 rings (SSSR count). The Morgan fingerprint density at radius 2 is 1.85 bits per heavy atom. The lowest BCUT2D eigenvalue weighted by Crippen LogP contribution is -2.47. The number of nitrogens with one attached hydrogen (secondary N) is 1. The number of sulfonamides is 1. The quantitative estimate of drug-likeness (QED) is 0.864. The smallest absolute Gasteiger partial charge is 0.310 e. The first-order valence-corrected chi connectivity index (χ1v) is 8.19.